The molecule has 0 saturated carbocycles. The van der Waals surface area contributed by atoms with Crippen LogP contribution >= 0.6 is 0 Å². The summed E-state index contributed by atoms with van der Waals surface area (Å²) in [4.78, 5) is 4.17. The molecule has 0 saturated heterocycles. The van der Waals surface area contributed by atoms with Crippen LogP contribution in [0.5, 0.6) is 0 Å². The van der Waals surface area contributed by atoms with Gasteiger partial charge < -0.3 is 5.21 Å². The molecule has 1 aromatic heterocycles. The lowest BCUT2D eigenvalue weighted by Gasteiger charge is -2.16. The molecule has 3 aromatic rings. The maximum atomic E-state index is 13.9. The van der Waals surface area contributed by atoms with Crippen molar-refractivity contribution in [1.82, 2.24) is 4.98 Å². The molecule has 0 aliphatic heterocycles. The molecule has 3 rings (SSSR count). The molecular formula is C17H16FN3O. The van der Waals surface area contributed by atoms with Crippen LogP contribution in [-0.4, -0.2) is 4.98 Å². The molecule has 5 heteroatoms. The maximum absolute atomic E-state index is 13.9. The summed E-state index contributed by atoms with van der Waals surface area (Å²) in [7, 11) is 0. The van der Waals surface area contributed by atoms with E-state index >= 15 is 0 Å². The number of fused-ring (bicyclic) bond motifs is 1. The minimum atomic E-state index is -0.286. The number of benzene rings is 2. The Morgan fingerprint density at radius 3 is 2.50 bits per heavy atom. The van der Waals surface area contributed by atoms with Gasteiger partial charge in [-0.2, -0.15) is 0 Å². The monoisotopic (exact) mass is 297 g/mol. The van der Waals surface area contributed by atoms with Crippen molar-refractivity contribution in [3.63, 3.8) is 0 Å². The fourth-order valence-electron chi connectivity index (χ4n) is 2.56. The molecule has 0 bridgehead atoms. The molecule has 22 heavy (non-hydrogen) atoms. The van der Waals surface area contributed by atoms with E-state index in [-0.39, 0.29) is 17.7 Å². The molecule has 0 aliphatic carbocycles. The predicted molar refractivity (Wildman–Crippen MR) is 84.6 cm³/mol. The summed E-state index contributed by atoms with van der Waals surface area (Å²) in [6.45, 7) is 3.82. The number of nitrogen functional groups attached to an aromatic ring is 1. The number of halogens is 1. The van der Waals surface area contributed by atoms with Gasteiger partial charge in [0.2, 0.25) is 0 Å². The van der Waals surface area contributed by atoms with Gasteiger partial charge in [-0.1, -0.05) is 43.1 Å². The standard InChI is InChI=1S/C17H16FN3O/c1-10(2)16-9-15(20-17(19)21(16)22)13-7-8-14(18)12-6-4-3-5-11(12)13/h3-10H,1-2H3,(H2,19,20). The minimum absolute atomic E-state index is 0.00765. The van der Waals surface area contributed by atoms with Crippen LogP contribution in [-0.2, 0) is 0 Å². The van der Waals surface area contributed by atoms with E-state index in [0.29, 0.717) is 21.5 Å². The van der Waals surface area contributed by atoms with Gasteiger partial charge in [0.05, 0.1) is 5.69 Å². The lowest BCUT2D eigenvalue weighted by atomic mass is 10.00. The molecule has 0 atom stereocenters. The van der Waals surface area contributed by atoms with Gasteiger partial charge in [0, 0.05) is 22.9 Å². The summed E-state index contributed by atoms with van der Waals surface area (Å²) in [6, 6.07) is 12.0. The second-order valence-corrected chi connectivity index (χ2v) is 5.51. The van der Waals surface area contributed by atoms with E-state index in [2.05, 4.69) is 4.98 Å². The van der Waals surface area contributed by atoms with E-state index in [0.717, 1.165) is 10.9 Å². The topological polar surface area (TPSA) is 65.8 Å². The highest BCUT2D eigenvalue weighted by Crippen LogP contribution is 2.30. The summed E-state index contributed by atoms with van der Waals surface area (Å²) in [5, 5.41) is 13.2. The Hall–Kier alpha value is -2.69. The molecular weight excluding hydrogens is 281 g/mol. The average molecular weight is 297 g/mol. The van der Waals surface area contributed by atoms with Crippen LogP contribution < -0.4 is 10.5 Å². The molecule has 2 N–H and O–H groups in total. The smallest absolute Gasteiger partial charge is 0.390 e. The van der Waals surface area contributed by atoms with Crippen LogP contribution in [0.4, 0.5) is 10.3 Å². The molecule has 112 valence electrons. The predicted octanol–water partition coefficient (Wildman–Crippen LogP) is 3.38. The van der Waals surface area contributed by atoms with Crippen LogP contribution in [0.15, 0.2) is 42.5 Å². The highest BCUT2D eigenvalue weighted by atomic mass is 19.1. The zero-order valence-corrected chi connectivity index (χ0v) is 12.4. The van der Waals surface area contributed by atoms with Gasteiger partial charge in [-0.25, -0.2) is 9.12 Å². The van der Waals surface area contributed by atoms with Gasteiger partial charge in [0.1, 0.15) is 5.82 Å². The first-order chi connectivity index (χ1) is 10.5. The van der Waals surface area contributed by atoms with E-state index in [4.69, 9.17) is 5.73 Å². The summed E-state index contributed by atoms with van der Waals surface area (Å²) in [5.74, 6) is -0.380. The van der Waals surface area contributed by atoms with E-state index < -0.39 is 0 Å². The summed E-state index contributed by atoms with van der Waals surface area (Å²) < 4.78 is 14.6. The highest BCUT2D eigenvalue weighted by Gasteiger charge is 2.17. The molecule has 1 heterocycles. The Balaban J connectivity index is 2.31. The molecule has 0 aliphatic rings. The lowest BCUT2D eigenvalue weighted by Crippen LogP contribution is -2.37. The third kappa shape index (κ3) is 2.24. The van der Waals surface area contributed by atoms with Crippen molar-refractivity contribution in [2.24, 2.45) is 0 Å². The van der Waals surface area contributed by atoms with E-state index in [9.17, 15) is 9.60 Å². The third-order valence-electron chi connectivity index (χ3n) is 3.70. The minimum Gasteiger partial charge on any atom is -0.740 e. The number of anilines is 1. The van der Waals surface area contributed by atoms with Crippen molar-refractivity contribution in [3.8, 4) is 11.3 Å². The van der Waals surface area contributed by atoms with Crippen LogP contribution in [0.1, 0.15) is 25.5 Å². The van der Waals surface area contributed by atoms with Crippen LogP contribution in [0, 0.1) is 11.0 Å². The molecule has 4 nitrogen and oxygen atoms in total. The van der Waals surface area contributed by atoms with Gasteiger partial charge in [-0.05, 0) is 17.5 Å². The molecule has 0 spiro atoms. The fraction of sp³-hybridized carbons (Fsp3) is 0.176. The number of nitrogens with zero attached hydrogens (tertiary/aromatic N) is 2. The van der Waals surface area contributed by atoms with Crippen LogP contribution in [0.3, 0.4) is 0 Å². The van der Waals surface area contributed by atoms with Crippen molar-refractivity contribution in [1.29, 1.82) is 0 Å². The number of hydrogen-bond acceptors (Lipinski definition) is 3. The normalized spacial score (nSPS) is 11.3. The van der Waals surface area contributed by atoms with E-state index in [1.54, 1.807) is 24.3 Å². The Morgan fingerprint density at radius 2 is 1.82 bits per heavy atom. The first-order valence-corrected chi connectivity index (χ1v) is 7.06. The zero-order valence-electron chi connectivity index (χ0n) is 12.4. The SMILES string of the molecule is CC(C)c1cc(-c2ccc(F)c3ccccc23)nc(N)[n+]1[O-]. The number of aromatic nitrogens is 2. The molecule has 0 unspecified atom stereocenters. The first kappa shape index (κ1) is 14.3. The van der Waals surface area contributed by atoms with E-state index in [1.807, 2.05) is 26.0 Å². The van der Waals surface area contributed by atoms with Crippen LogP contribution in [0.2, 0.25) is 0 Å². The Labute approximate surface area is 127 Å². The van der Waals surface area contributed by atoms with Gasteiger partial charge in [0.25, 0.3) is 0 Å². The molecule has 0 radical (unpaired) electrons. The fourth-order valence-corrected chi connectivity index (χ4v) is 2.56. The van der Waals surface area contributed by atoms with Crippen molar-refractivity contribution in [3.05, 3.63) is 59.2 Å². The second-order valence-electron chi connectivity index (χ2n) is 5.51. The van der Waals surface area contributed by atoms with Gasteiger partial charge >= 0.3 is 5.95 Å². The van der Waals surface area contributed by atoms with Crippen molar-refractivity contribution in [2.45, 2.75) is 19.8 Å². The number of hydrogen-bond donors (Lipinski definition) is 1. The summed E-state index contributed by atoms with van der Waals surface area (Å²) >= 11 is 0. The van der Waals surface area contributed by atoms with Crippen molar-refractivity contribution < 1.29 is 9.12 Å². The summed E-state index contributed by atoms with van der Waals surface area (Å²) in [6.07, 6.45) is 0. The Bertz CT molecular complexity index is 862. The number of rotatable bonds is 2. The molecule has 0 fully saturated rings. The van der Waals surface area contributed by atoms with Crippen LogP contribution in [0.25, 0.3) is 22.0 Å². The maximum Gasteiger partial charge on any atom is 0.390 e. The molecule has 0 amide bonds. The highest BCUT2D eigenvalue weighted by molar-refractivity contribution is 5.96. The van der Waals surface area contributed by atoms with Gasteiger partial charge in [-0.15, -0.1) is 0 Å². The Kier molecular flexibility index (Phi) is 3.41. The Morgan fingerprint density at radius 1 is 1.14 bits per heavy atom. The van der Waals surface area contributed by atoms with Crippen molar-refractivity contribution in [2.75, 3.05) is 5.73 Å². The number of nitrogens with two attached hydrogens (primary N) is 1. The van der Waals surface area contributed by atoms with Crippen molar-refractivity contribution >= 4 is 16.7 Å². The second kappa shape index (κ2) is 5.26. The third-order valence-corrected chi connectivity index (χ3v) is 3.70. The first-order valence-electron chi connectivity index (χ1n) is 7.06. The largest absolute Gasteiger partial charge is 0.740 e. The average Bonchev–Trinajstić information content (AvgIpc) is 2.50. The van der Waals surface area contributed by atoms with E-state index in [1.165, 1.54) is 6.07 Å². The molecule has 2 aromatic carbocycles. The lowest BCUT2D eigenvalue weighted by molar-refractivity contribution is -0.602. The van der Waals surface area contributed by atoms with Gasteiger partial charge in [0.15, 0.2) is 5.69 Å². The summed E-state index contributed by atoms with van der Waals surface area (Å²) in [5.41, 5.74) is 7.60. The quantitative estimate of drug-likeness (QED) is 0.582. The zero-order chi connectivity index (χ0) is 15.9. The van der Waals surface area contributed by atoms with Gasteiger partial charge in [-0.3, -0.25) is 5.73 Å².